The lowest BCUT2D eigenvalue weighted by Crippen LogP contribution is -2.33. The van der Waals surface area contributed by atoms with Crippen LogP contribution in [0.2, 0.25) is 0 Å². The topological polar surface area (TPSA) is 12.9 Å². The third kappa shape index (κ3) is 5.77. The van der Waals surface area contributed by atoms with E-state index in [0.717, 1.165) is 36.0 Å². The molecule has 0 saturated carbocycles. The molecule has 1 heteroatoms. The van der Waals surface area contributed by atoms with Crippen LogP contribution in [0.25, 0.3) is 117 Å². The van der Waals surface area contributed by atoms with Crippen molar-refractivity contribution in [3.8, 4) is 55.8 Å². The van der Waals surface area contributed by atoms with E-state index >= 15 is 0 Å². The molecule has 0 aliphatic heterocycles. The van der Waals surface area contributed by atoms with Crippen molar-refractivity contribution in [2.45, 2.75) is 30.6 Å². The Labute approximate surface area is 424 Å². The van der Waals surface area contributed by atoms with Crippen LogP contribution in [0.1, 0.15) is 57.7 Å². The van der Waals surface area contributed by atoms with Gasteiger partial charge in [-0.15, -0.1) is 0 Å². The van der Waals surface area contributed by atoms with Gasteiger partial charge in [0, 0.05) is 22.3 Å². The van der Waals surface area contributed by atoms with Crippen LogP contribution in [-0.4, -0.2) is 4.98 Å². The molecule has 0 N–H and O–H groups in total. The Kier molecular flexibility index (Phi) is 8.68. The maximum absolute atomic E-state index is 5.72. The van der Waals surface area contributed by atoms with Crippen molar-refractivity contribution in [2.24, 2.45) is 0 Å². The first kappa shape index (κ1) is 40.8. The zero-order valence-corrected chi connectivity index (χ0v) is 40.2. The minimum Gasteiger partial charge on any atom is -0.247 e. The number of hydrogen-bond donors (Lipinski definition) is 0. The lowest BCUT2D eigenvalue weighted by Gasteiger charge is -2.30. The molecule has 0 saturated heterocycles. The van der Waals surface area contributed by atoms with Crippen LogP contribution < -0.4 is 10.4 Å². The molecular formula is C72H47N. The monoisotopic (exact) mass is 925 g/mol. The van der Waals surface area contributed by atoms with E-state index in [1.807, 2.05) is 0 Å². The maximum Gasteiger partial charge on any atom is 0.0794 e. The lowest BCUT2D eigenvalue weighted by molar-refractivity contribution is 0.794. The molecule has 73 heavy (non-hydrogen) atoms. The number of para-hydroxylation sites is 1. The maximum atomic E-state index is 5.72. The van der Waals surface area contributed by atoms with Gasteiger partial charge >= 0.3 is 0 Å². The van der Waals surface area contributed by atoms with Gasteiger partial charge in [0.15, 0.2) is 0 Å². The van der Waals surface area contributed by atoms with Gasteiger partial charge in [0.25, 0.3) is 0 Å². The van der Waals surface area contributed by atoms with E-state index in [1.165, 1.54) is 132 Å². The molecule has 1 atom stereocenters. The van der Waals surface area contributed by atoms with Gasteiger partial charge < -0.3 is 0 Å². The van der Waals surface area contributed by atoms with Gasteiger partial charge in [-0.1, -0.05) is 224 Å². The predicted octanol–water partition coefficient (Wildman–Crippen LogP) is 16.7. The number of aryl methyl sites for hydroxylation is 1. The fraction of sp³-hybridized carbons (Fsp3) is 0.0694. The normalized spacial score (nSPS) is 15.4. The molecule has 0 bridgehead atoms. The molecular weight excluding hydrogens is 879 g/mol. The fourth-order valence-electron chi connectivity index (χ4n) is 13.9. The number of nitrogens with zero attached hydrogens (tertiary/aromatic N) is 1. The summed E-state index contributed by atoms with van der Waals surface area (Å²) < 4.78 is 0. The van der Waals surface area contributed by atoms with Crippen LogP contribution in [-0.2, 0) is 11.8 Å². The molecule has 340 valence electrons. The number of benzene rings is 11. The van der Waals surface area contributed by atoms with Gasteiger partial charge in [-0.05, 0) is 158 Å². The summed E-state index contributed by atoms with van der Waals surface area (Å²) in [5.41, 5.74) is 22.6. The Balaban J connectivity index is 0.937. The quantitative estimate of drug-likeness (QED) is 0.160. The van der Waals surface area contributed by atoms with Crippen LogP contribution in [0.3, 0.4) is 0 Å². The zero-order chi connectivity index (χ0) is 47.8. The number of aromatic nitrogens is 1. The molecule has 4 aliphatic carbocycles. The second kappa shape index (κ2) is 15.5. The van der Waals surface area contributed by atoms with Crippen molar-refractivity contribution in [2.75, 3.05) is 0 Å². The first-order chi connectivity index (χ1) is 36.2. The molecule has 11 aromatic carbocycles. The van der Waals surface area contributed by atoms with Gasteiger partial charge in [-0.2, -0.15) is 0 Å². The van der Waals surface area contributed by atoms with E-state index in [4.69, 9.17) is 4.98 Å². The van der Waals surface area contributed by atoms with Gasteiger partial charge in [-0.25, -0.2) is 4.98 Å². The van der Waals surface area contributed by atoms with Crippen LogP contribution in [0, 0.1) is 0 Å². The van der Waals surface area contributed by atoms with E-state index in [9.17, 15) is 0 Å². The Morgan fingerprint density at radius 1 is 0.438 bits per heavy atom. The third-order valence-corrected chi connectivity index (χ3v) is 17.0. The number of fused-ring (bicyclic) bond motifs is 18. The molecule has 0 fully saturated rings. The standard InChI is InChI=1S/C72H47N/c1-3-18-46-40-50(34-32-44(46)16-1)67-56-25-5-6-26-57(56)68(51-35-33-45-17-2-4-19-47(45)41-51)61-43-49(36-37-59(61)67)48-20-15-21-52(42-48)71-70-58(55-24-10-14-31-66(55)73-71)38-39-65-69(70)60-27-9-13-30-64(60)72(65)62-28-11-7-22-53(62)54-23-8-12-29-63(54)72/h1-3,5-18,20-35,37-43,49H,4,19,36H2. The highest BCUT2D eigenvalue weighted by atomic mass is 14.7. The molecule has 12 aromatic rings. The number of hydrogen-bond acceptors (Lipinski definition) is 1. The highest BCUT2D eigenvalue weighted by Gasteiger charge is 2.52. The predicted molar refractivity (Wildman–Crippen MR) is 306 cm³/mol. The summed E-state index contributed by atoms with van der Waals surface area (Å²) in [5.74, 6) is 0.144. The first-order valence-electron chi connectivity index (χ1n) is 26.0. The molecule has 16 rings (SSSR count). The zero-order valence-electron chi connectivity index (χ0n) is 40.2. The van der Waals surface area contributed by atoms with E-state index in [1.54, 1.807) is 0 Å². The lowest BCUT2D eigenvalue weighted by atomic mass is 9.70. The van der Waals surface area contributed by atoms with Gasteiger partial charge in [0.05, 0.1) is 16.6 Å². The average Bonchev–Trinajstić information content (AvgIpc) is 3.94. The molecule has 0 amide bonds. The average molecular weight is 926 g/mol. The van der Waals surface area contributed by atoms with Crippen molar-refractivity contribution < 1.29 is 0 Å². The van der Waals surface area contributed by atoms with Crippen molar-refractivity contribution in [1.82, 2.24) is 4.98 Å². The number of pyridine rings is 1. The second-order valence-corrected chi connectivity index (χ2v) is 20.7. The highest BCUT2D eigenvalue weighted by Crippen LogP contribution is 2.64. The third-order valence-electron chi connectivity index (χ3n) is 17.0. The summed E-state index contributed by atoms with van der Waals surface area (Å²) in [6.07, 6.45) is 12.8. The highest BCUT2D eigenvalue weighted by molar-refractivity contribution is 6.19. The van der Waals surface area contributed by atoms with Gasteiger partial charge in [-0.3, -0.25) is 0 Å². The Morgan fingerprint density at radius 2 is 1.10 bits per heavy atom. The summed E-state index contributed by atoms with van der Waals surface area (Å²) in [7, 11) is 0. The van der Waals surface area contributed by atoms with Crippen LogP contribution in [0.5, 0.6) is 0 Å². The van der Waals surface area contributed by atoms with Crippen molar-refractivity contribution in [3.63, 3.8) is 0 Å². The Morgan fingerprint density at radius 3 is 1.90 bits per heavy atom. The van der Waals surface area contributed by atoms with E-state index < -0.39 is 5.41 Å². The van der Waals surface area contributed by atoms with E-state index in [2.05, 4.69) is 243 Å². The number of allylic oxidation sites excluding steroid dienone is 1. The summed E-state index contributed by atoms with van der Waals surface area (Å²) in [5, 5.41) is 11.4. The van der Waals surface area contributed by atoms with Gasteiger partial charge in [0.1, 0.15) is 0 Å². The summed E-state index contributed by atoms with van der Waals surface area (Å²) in [4.78, 5) is 5.72. The molecule has 1 nitrogen and oxygen atoms in total. The van der Waals surface area contributed by atoms with Crippen molar-refractivity contribution in [1.29, 1.82) is 0 Å². The Bertz CT molecular complexity index is 4500. The fourth-order valence-corrected chi connectivity index (χ4v) is 13.9. The Hall–Kier alpha value is -8.91. The molecule has 4 aliphatic rings. The van der Waals surface area contributed by atoms with E-state index in [0.29, 0.717) is 0 Å². The van der Waals surface area contributed by atoms with Crippen LogP contribution in [0.15, 0.2) is 224 Å². The van der Waals surface area contributed by atoms with Crippen LogP contribution >= 0.6 is 0 Å². The molecule has 0 radical (unpaired) electrons. The SMILES string of the molecule is C1=Cc2ccc(-c3c4c(c(-c5ccc6ccccc6c5)c5ccccc35)=CCC(c3cccc(-c5nc6ccccc6c6ccc7c(c56)-c5ccccc5C75c6ccccc6-c6ccccc65)c3)C=4)cc2CC1. The summed E-state index contributed by atoms with van der Waals surface area (Å²) in [6, 6.07) is 82.4. The van der Waals surface area contributed by atoms with Crippen molar-refractivity contribution >= 4 is 61.4 Å². The minimum atomic E-state index is -0.444. The summed E-state index contributed by atoms with van der Waals surface area (Å²) >= 11 is 0. The molecule has 1 heterocycles. The largest absolute Gasteiger partial charge is 0.247 e. The van der Waals surface area contributed by atoms with Crippen molar-refractivity contribution in [3.05, 3.63) is 274 Å². The molecule has 1 aromatic heterocycles. The number of rotatable bonds is 4. The second-order valence-electron chi connectivity index (χ2n) is 20.7. The first-order valence-corrected chi connectivity index (χ1v) is 26.0. The van der Waals surface area contributed by atoms with Gasteiger partial charge in [0.2, 0.25) is 0 Å². The molecule has 1 unspecified atom stereocenters. The summed E-state index contributed by atoms with van der Waals surface area (Å²) in [6.45, 7) is 0. The smallest absolute Gasteiger partial charge is 0.0794 e. The molecule has 1 spiro atoms. The minimum absolute atomic E-state index is 0.144. The van der Waals surface area contributed by atoms with E-state index in [-0.39, 0.29) is 5.92 Å². The van der Waals surface area contributed by atoms with Crippen LogP contribution in [0.4, 0.5) is 0 Å².